The molecule has 0 N–H and O–H groups in total. The maximum absolute atomic E-state index is 9.41. The zero-order valence-electron chi connectivity index (χ0n) is 4.43. The topological polar surface area (TPSA) is 166 Å². The van der Waals surface area contributed by atoms with Crippen molar-refractivity contribution in [1.82, 2.24) is 0 Å². The molecule has 0 amide bonds. The van der Waals surface area contributed by atoms with E-state index in [0.717, 1.165) is 0 Å². The predicted molar refractivity (Wildman–Crippen MR) is 3.25 cm³/mol. The smallest absolute Gasteiger partial charge is 0.180 e. The number of halogens is 2. The van der Waals surface area contributed by atoms with Crippen molar-refractivity contribution in [3.8, 4) is 0 Å². The molecule has 0 heterocycles. The zero-order valence-corrected chi connectivity index (χ0v) is 5.94. The van der Waals surface area contributed by atoms with Crippen LogP contribution in [-0.4, -0.2) is 0 Å². The average molecular weight is 215 g/mol. The molecule has 0 bridgehead atoms. The summed E-state index contributed by atoms with van der Waals surface area (Å²) in [6.45, 7) is 0. The van der Waals surface area contributed by atoms with Crippen molar-refractivity contribution in [3.63, 3.8) is 0 Å². The molecule has 0 aromatic rings. The van der Waals surface area contributed by atoms with E-state index in [1.165, 1.54) is 0 Å². The van der Waals surface area contributed by atoms with Gasteiger partial charge < -0.3 is 0 Å². The Kier molecular flexibility index (Phi) is 3.83. The molecule has 9 nitrogen and oxygen atoms in total. The van der Waals surface area contributed by atoms with Crippen LogP contribution >= 0.6 is 0 Å². The Labute approximate surface area is 63.3 Å². The summed E-state index contributed by atoms with van der Waals surface area (Å²) in [6, 6.07) is 0. The van der Waals surface area contributed by atoms with Gasteiger partial charge in [-0.15, -0.1) is 0 Å². The van der Waals surface area contributed by atoms with Gasteiger partial charge in [-0.1, -0.05) is 0 Å². The SMILES string of the molecule is [O-][Cl+3]([O-])([O-])OOO[Cl+3]([O-])([O-])[O-]. The van der Waals surface area contributed by atoms with Crippen molar-refractivity contribution in [2.24, 2.45) is 0 Å². The van der Waals surface area contributed by atoms with Crippen molar-refractivity contribution in [1.29, 1.82) is 0 Å². The van der Waals surface area contributed by atoms with Crippen LogP contribution in [0.15, 0.2) is 0 Å². The van der Waals surface area contributed by atoms with Crippen molar-refractivity contribution in [2.75, 3.05) is 0 Å². The first-order chi connectivity index (χ1) is 4.71. The first kappa shape index (κ1) is 11.2. The highest BCUT2D eigenvalue weighted by Crippen LogP contribution is 1.95. The van der Waals surface area contributed by atoms with Gasteiger partial charge in [-0.2, -0.15) is 28.0 Å². The van der Waals surface area contributed by atoms with E-state index in [9.17, 15) is 28.0 Å². The third-order valence-corrected chi connectivity index (χ3v) is 0.617. The minimum atomic E-state index is -5.00. The molecule has 0 unspecified atom stereocenters. The Morgan fingerprint density at radius 3 is 1.09 bits per heavy atom. The lowest BCUT2D eigenvalue weighted by molar-refractivity contribution is -1.95. The van der Waals surface area contributed by atoms with E-state index >= 15 is 0 Å². The quantitative estimate of drug-likeness (QED) is 0.326. The highest BCUT2D eigenvalue weighted by Gasteiger charge is 2.31. The third-order valence-electron chi connectivity index (χ3n) is 0.206. The van der Waals surface area contributed by atoms with Gasteiger partial charge in [0.15, 0.2) is 0 Å². The van der Waals surface area contributed by atoms with Gasteiger partial charge in [-0.25, -0.2) is 0 Å². The lowest BCUT2D eigenvalue weighted by Gasteiger charge is -2.09. The lowest BCUT2D eigenvalue weighted by atomic mass is 14.6. The molecule has 0 rings (SSSR count). The van der Waals surface area contributed by atoms with Crippen LogP contribution in [0.2, 0.25) is 0 Å². The number of hydrogen-bond donors (Lipinski definition) is 0. The molecule has 0 aliphatic heterocycles. The Balaban J connectivity index is 3.44. The molecule has 0 fully saturated rings. The summed E-state index contributed by atoms with van der Waals surface area (Å²) in [5.41, 5.74) is 0. The van der Waals surface area contributed by atoms with Gasteiger partial charge in [0.2, 0.25) is 5.04 Å². The second-order valence-corrected chi connectivity index (χ2v) is 2.71. The Bertz CT molecular complexity index is 91.7. The minimum absolute atomic E-state index is 2.69. The molecule has 0 radical (unpaired) electrons. The molecule has 0 saturated heterocycles. The van der Waals surface area contributed by atoms with Crippen LogP contribution in [0.5, 0.6) is 0 Å². The first-order valence-electron chi connectivity index (χ1n) is 1.57. The molecular formula is Cl2O9. The first-order valence-corrected chi connectivity index (χ1v) is 4.04. The van der Waals surface area contributed by atoms with Gasteiger partial charge in [0.25, 0.3) is 0 Å². The summed E-state index contributed by atoms with van der Waals surface area (Å²) in [4.78, 5) is 0. The molecule has 0 saturated carbocycles. The van der Waals surface area contributed by atoms with Crippen LogP contribution < -0.4 is 28.0 Å². The van der Waals surface area contributed by atoms with Crippen LogP contribution in [0.25, 0.3) is 0 Å². The van der Waals surface area contributed by atoms with E-state index in [1.54, 1.807) is 0 Å². The average Bonchev–Trinajstić information content (AvgIpc) is 1.55. The van der Waals surface area contributed by atoms with Gasteiger partial charge >= 0.3 is 8.88 Å². The summed E-state index contributed by atoms with van der Waals surface area (Å²) in [5, 5.41) is 2.74. The van der Waals surface area contributed by atoms with E-state index < -0.39 is 20.5 Å². The summed E-state index contributed by atoms with van der Waals surface area (Å²) >= 11 is 0. The highest BCUT2D eigenvalue weighted by molar-refractivity contribution is 2.82. The fourth-order valence-electron chi connectivity index (χ4n) is 0.0727. The van der Waals surface area contributed by atoms with Crippen molar-refractivity contribution >= 4 is 0 Å². The van der Waals surface area contributed by atoms with Gasteiger partial charge in [-0.05, 0) is 0 Å². The second kappa shape index (κ2) is 3.75. The third kappa shape index (κ3) is 10.2. The summed E-state index contributed by atoms with van der Waals surface area (Å²) < 4.78 is 61.8. The molecule has 11 heteroatoms. The number of rotatable bonds is 4. The van der Waals surface area contributed by atoms with Crippen LogP contribution in [0.4, 0.5) is 0 Å². The fraction of sp³-hybridized carbons (Fsp3) is 0. The van der Waals surface area contributed by atoms with Crippen LogP contribution in [0, 0.1) is 20.5 Å². The maximum atomic E-state index is 9.41. The zero-order chi connectivity index (χ0) is 9.12. The standard InChI is InChI=1S/Cl2O9/c3-1(4,5)9-11-10-2(6,7)8. The molecule has 0 spiro atoms. The monoisotopic (exact) mass is 214 g/mol. The lowest BCUT2D eigenvalue weighted by Crippen LogP contribution is -2.63. The van der Waals surface area contributed by atoms with E-state index in [2.05, 4.69) is 13.9 Å². The van der Waals surface area contributed by atoms with E-state index in [1.807, 2.05) is 0 Å². The number of hydrogen-bond acceptors (Lipinski definition) is 9. The van der Waals surface area contributed by atoms with E-state index in [4.69, 9.17) is 0 Å². The van der Waals surface area contributed by atoms with Gasteiger partial charge in [0, 0.05) is 0 Å². The molecule has 11 heavy (non-hydrogen) atoms. The van der Waals surface area contributed by atoms with Crippen LogP contribution in [0.3, 0.4) is 0 Å². The van der Waals surface area contributed by atoms with Crippen molar-refractivity contribution in [2.45, 2.75) is 0 Å². The largest absolute Gasteiger partial charge is 0.307 e. The highest BCUT2D eigenvalue weighted by atomic mass is 35.7. The summed E-state index contributed by atoms with van der Waals surface area (Å²) in [7, 11) is -9.99. The molecule has 0 aliphatic rings. The molecule has 0 aromatic carbocycles. The van der Waals surface area contributed by atoms with E-state index in [-0.39, 0.29) is 0 Å². The second-order valence-electron chi connectivity index (χ2n) is 0.950. The van der Waals surface area contributed by atoms with Crippen molar-refractivity contribution < 1.29 is 62.4 Å². The Morgan fingerprint density at radius 2 is 0.909 bits per heavy atom. The normalized spacial score (nSPS) is 13.6. The van der Waals surface area contributed by atoms with E-state index in [0.29, 0.717) is 0 Å². The van der Waals surface area contributed by atoms with Gasteiger partial charge in [0.05, 0.1) is 0 Å². The van der Waals surface area contributed by atoms with Crippen molar-refractivity contribution in [3.05, 3.63) is 0 Å². The van der Waals surface area contributed by atoms with Crippen LogP contribution in [0.1, 0.15) is 0 Å². The Morgan fingerprint density at radius 1 is 0.636 bits per heavy atom. The predicted octanol–water partition coefficient (Wildman–Crippen LogP) is -7.34. The molecule has 0 aromatic heterocycles. The molecule has 0 aliphatic carbocycles. The molecule has 0 atom stereocenters. The van der Waals surface area contributed by atoms with Gasteiger partial charge in [0.1, 0.15) is 20.5 Å². The Hall–Kier alpha value is 0.220. The fourth-order valence-corrected chi connectivity index (χ4v) is 0.276. The minimum Gasteiger partial charge on any atom is -0.180 e. The molecule has 68 valence electrons. The summed E-state index contributed by atoms with van der Waals surface area (Å²) in [5.74, 6) is 0. The molecular weight excluding hydrogens is 215 g/mol. The van der Waals surface area contributed by atoms with Gasteiger partial charge in [-0.3, -0.25) is 0 Å². The maximum Gasteiger partial charge on any atom is 0.307 e. The summed E-state index contributed by atoms with van der Waals surface area (Å²) in [6.07, 6.45) is 0. The van der Waals surface area contributed by atoms with Crippen LogP contribution in [-0.2, 0) is 13.9 Å².